The van der Waals surface area contributed by atoms with Crippen molar-refractivity contribution in [3.05, 3.63) is 10.6 Å². The predicted molar refractivity (Wildman–Crippen MR) is 55.0 cm³/mol. The van der Waals surface area contributed by atoms with Crippen LogP contribution in [0.1, 0.15) is 12.8 Å². The van der Waals surface area contributed by atoms with Crippen LogP contribution in [0.3, 0.4) is 0 Å². The number of carbonyl (C=O) groups excluding carboxylic acids is 1. The number of nitrogens with zero attached hydrogens (tertiary/aromatic N) is 1. The molecular formula is C9H13Cl2NO. The van der Waals surface area contributed by atoms with Crippen molar-refractivity contribution in [3.8, 4) is 0 Å². The van der Waals surface area contributed by atoms with E-state index >= 15 is 0 Å². The van der Waals surface area contributed by atoms with Crippen LogP contribution >= 0.6 is 23.2 Å². The van der Waals surface area contributed by atoms with E-state index in [0.717, 1.165) is 32.2 Å². The molecule has 0 bridgehead atoms. The minimum absolute atomic E-state index is 0.175. The van der Waals surface area contributed by atoms with Gasteiger partial charge in [-0.25, -0.2) is 0 Å². The van der Waals surface area contributed by atoms with Crippen molar-refractivity contribution in [2.75, 3.05) is 19.6 Å². The van der Waals surface area contributed by atoms with Crippen molar-refractivity contribution in [2.24, 2.45) is 5.92 Å². The van der Waals surface area contributed by atoms with E-state index in [-0.39, 0.29) is 5.92 Å². The first-order chi connectivity index (χ1) is 6.26. The summed E-state index contributed by atoms with van der Waals surface area (Å²) >= 11 is 11.2. The fraction of sp³-hybridized carbons (Fsp3) is 0.667. The lowest BCUT2D eigenvalue weighted by Crippen LogP contribution is -2.36. The molecule has 0 aromatic heterocycles. The van der Waals surface area contributed by atoms with Crippen LogP contribution in [0.2, 0.25) is 0 Å². The van der Waals surface area contributed by atoms with Crippen molar-refractivity contribution in [1.82, 2.24) is 4.90 Å². The van der Waals surface area contributed by atoms with E-state index in [1.54, 1.807) is 0 Å². The third-order valence-corrected chi connectivity index (χ3v) is 2.83. The lowest BCUT2D eigenvalue weighted by molar-refractivity contribution is -0.112. The molecule has 1 saturated heterocycles. The number of likely N-dealkylation sites (tertiary alicyclic amines) is 1. The van der Waals surface area contributed by atoms with Crippen LogP contribution in [-0.4, -0.2) is 30.8 Å². The van der Waals surface area contributed by atoms with Crippen molar-refractivity contribution < 1.29 is 4.79 Å². The van der Waals surface area contributed by atoms with Gasteiger partial charge in [-0.1, -0.05) is 23.2 Å². The highest BCUT2D eigenvalue weighted by molar-refractivity contribution is 6.36. The quantitative estimate of drug-likeness (QED) is 0.682. The Kier molecular flexibility index (Phi) is 4.78. The van der Waals surface area contributed by atoms with Gasteiger partial charge in [-0.05, 0) is 19.4 Å². The topological polar surface area (TPSA) is 20.3 Å². The van der Waals surface area contributed by atoms with Crippen molar-refractivity contribution >= 4 is 29.5 Å². The lowest BCUT2D eigenvalue weighted by atomic mass is 10.00. The van der Waals surface area contributed by atoms with E-state index in [1.807, 2.05) is 0 Å². The summed E-state index contributed by atoms with van der Waals surface area (Å²) in [7, 11) is 0. The van der Waals surface area contributed by atoms with Gasteiger partial charge >= 0.3 is 0 Å². The van der Waals surface area contributed by atoms with Gasteiger partial charge < -0.3 is 4.79 Å². The van der Waals surface area contributed by atoms with Crippen LogP contribution in [-0.2, 0) is 4.79 Å². The molecule has 1 aliphatic rings. The molecule has 1 unspecified atom stereocenters. The SMILES string of the molecule is O=CC1CCCN(CC(Cl)=CCl)C1. The van der Waals surface area contributed by atoms with Gasteiger partial charge in [0.2, 0.25) is 0 Å². The third-order valence-electron chi connectivity index (χ3n) is 2.23. The summed E-state index contributed by atoms with van der Waals surface area (Å²) in [6, 6.07) is 0. The molecule has 2 nitrogen and oxygen atoms in total. The molecule has 0 aliphatic carbocycles. The predicted octanol–water partition coefficient (Wildman–Crippen LogP) is 2.22. The molecule has 0 amide bonds. The Labute approximate surface area is 88.5 Å². The smallest absolute Gasteiger partial charge is 0.124 e. The van der Waals surface area contributed by atoms with E-state index in [0.29, 0.717) is 11.6 Å². The maximum absolute atomic E-state index is 10.6. The first-order valence-corrected chi connectivity index (χ1v) is 5.20. The zero-order valence-electron chi connectivity index (χ0n) is 7.38. The zero-order valence-corrected chi connectivity index (χ0v) is 8.89. The molecular weight excluding hydrogens is 209 g/mol. The maximum Gasteiger partial charge on any atom is 0.124 e. The molecule has 0 radical (unpaired) electrons. The molecule has 1 aliphatic heterocycles. The fourth-order valence-electron chi connectivity index (χ4n) is 1.59. The largest absolute Gasteiger partial charge is 0.303 e. The summed E-state index contributed by atoms with van der Waals surface area (Å²) < 4.78 is 0. The van der Waals surface area contributed by atoms with Crippen LogP contribution in [0.4, 0.5) is 0 Å². The van der Waals surface area contributed by atoms with Gasteiger partial charge in [-0.3, -0.25) is 4.90 Å². The maximum atomic E-state index is 10.6. The first-order valence-electron chi connectivity index (χ1n) is 4.38. The molecule has 74 valence electrons. The molecule has 1 atom stereocenters. The zero-order chi connectivity index (χ0) is 9.68. The summed E-state index contributed by atoms with van der Waals surface area (Å²) in [6.07, 6.45) is 3.10. The van der Waals surface area contributed by atoms with Gasteiger partial charge in [-0.2, -0.15) is 0 Å². The minimum atomic E-state index is 0.175. The van der Waals surface area contributed by atoms with Crippen LogP contribution in [0.5, 0.6) is 0 Å². The van der Waals surface area contributed by atoms with Crippen LogP contribution in [0.15, 0.2) is 10.6 Å². The van der Waals surface area contributed by atoms with Gasteiger partial charge in [0.1, 0.15) is 6.29 Å². The van der Waals surface area contributed by atoms with Crippen LogP contribution in [0, 0.1) is 5.92 Å². The van der Waals surface area contributed by atoms with Crippen LogP contribution < -0.4 is 0 Å². The van der Waals surface area contributed by atoms with Crippen LogP contribution in [0.25, 0.3) is 0 Å². The highest BCUT2D eigenvalue weighted by Gasteiger charge is 2.19. The first kappa shape index (κ1) is 11.0. The summed E-state index contributed by atoms with van der Waals surface area (Å²) in [6.45, 7) is 2.48. The molecule has 0 spiro atoms. The Morgan fingerprint density at radius 1 is 1.62 bits per heavy atom. The minimum Gasteiger partial charge on any atom is -0.303 e. The molecule has 13 heavy (non-hydrogen) atoms. The molecule has 1 heterocycles. The van der Waals surface area contributed by atoms with Crippen molar-refractivity contribution in [3.63, 3.8) is 0 Å². The van der Waals surface area contributed by atoms with E-state index in [9.17, 15) is 4.79 Å². The Balaban J connectivity index is 2.38. The van der Waals surface area contributed by atoms with Gasteiger partial charge in [0.25, 0.3) is 0 Å². The summed E-state index contributed by atoms with van der Waals surface area (Å²) in [5, 5.41) is 0.633. The average molecular weight is 222 g/mol. The molecule has 0 aromatic carbocycles. The summed E-state index contributed by atoms with van der Waals surface area (Å²) in [5.41, 5.74) is 1.38. The lowest BCUT2D eigenvalue weighted by Gasteiger charge is -2.29. The second-order valence-electron chi connectivity index (χ2n) is 3.33. The summed E-state index contributed by atoms with van der Waals surface area (Å²) in [5.74, 6) is 0.175. The number of piperidine rings is 1. The Morgan fingerprint density at radius 3 is 3.00 bits per heavy atom. The standard InChI is InChI=1S/C9H13Cl2NO/c10-4-9(11)6-12-3-1-2-8(5-12)7-13/h4,7-8H,1-3,5-6H2. The average Bonchev–Trinajstić information content (AvgIpc) is 2.18. The highest BCUT2D eigenvalue weighted by atomic mass is 35.5. The molecule has 0 N–H and O–H groups in total. The Hall–Kier alpha value is -0.0500. The fourth-order valence-corrected chi connectivity index (χ4v) is 1.83. The third kappa shape index (κ3) is 3.67. The van der Waals surface area contributed by atoms with Gasteiger partial charge in [-0.15, -0.1) is 0 Å². The Bertz CT molecular complexity index is 206. The second kappa shape index (κ2) is 5.63. The number of aldehydes is 1. The van der Waals surface area contributed by atoms with Gasteiger partial charge in [0.05, 0.1) is 0 Å². The van der Waals surface area contributed by atoms with E-state index in [2.05, 4.69) is 4.90 Å². The van der Waals surface area contributed by atoms with Crippen molar-refractivity contribution in [1.29, 1.82) is 0 Å². The van der Waals surface area contributed by atoms with E-state index in [1.165, 1.54) is 5.54 Å². The molecule has 1 fully saturated rings. The molecule has 4 heteroatoms. The second-order valence-corrected chi connectivity index (χ2v) is 4.03. The number of halogens is 2. The van der Waals surface area contributed by atoms with E-state index in [4.69, 9.17) is 23.2 Å². The number of hydrogen-bond acceptors (Lipinski definition) is 2. The number of carbonyl (C=O) groups is 1. The number of hydrogen-bond donors (Lipinski definition) is 0. The van der Waals surface area contributed by atoms with Gasteiger partial charge in [0.15, 0.2) is 0 Å². The molecule has 0 saturated carbocycles. The summed E-state index contributed by atoms with van der Waals surface area (Å²) in [4.78, 5) is 12.7. The molecule has 0 aromatic rings. The van der Waals surface area contributed by atoms with Crippen molar-refractivity contribution in [2.45, 2.75) is 12.8 Å². The Morgan fingerprint density at radius 2 is 2.38 bits per heavy atom. The van der Waals surface area contributed by atoms with Gasteiger partial charge in [0, 0.05) is 29.6 Å². The highest BCUT2D eigenvalue weighted by Crippen LogP contribution is 2.16. The number of rotatable bonds is 3. The van der Waals surface area contributed by atoms with E-state index < -0.39 is 0 Å². The monoisotopic (exact) mass is 221 g/mol. The normalized spacial score (nSPS) is 26.0. The molecule has 1 rings (SSSR count).